The molecule has 1 saturated heterocycles. The SMILES string of the molecule is [11CH3]n1c(CCC(=O)N2CCC[C@H]2C(=O)Nc2ccccc2-c2ccccc2)nc2ccccc21. The molecular formula is C28H28N4O2. The molecule has 34 heavy (non-hydrogen) atoms. The van der Waals surface area contributed by atoms with E-state index in [0.717, 1.165) is 40.1 Å². The molecule has 4 aromatic rings. The van der Waals surface area contributed by atoms with Gasteiger partial charge in [0.2, 0.25) is 11.8 Å². The Kier molecular flexibility index (Phi) is 6.12. The summed E-state index contributed by atoms with van der Waals surface area (Å²) in [6.07, 6.45) is 2.39. The number of para-hydroxylation sites is 3. The van der Waals surface area contributed by atoms with Crippen LogP contribution in [0.4, 0.5) is 5.69 Å². The van der Waals surface area contributed by atoms with Crippen LogP contribution in [0, 0.1) is 0 Å². The van der Waals surface area contributed by atoms with Crippen molar-refractivity contribution < 1.29 is 9.59 Å². The molecule has 0 spiro atoms. The minimum Gasteiger partial charge on any atom is -0.331 e. The van der Waals surface area contributed by atoms with E-state index in [2.05, 4.69) is 10.3 Å². The summed E-state index contributed by atoms with van der Waals surface area (Å²) in [4.78, 5) is 32.8. The first-order chi connectivity index (χ1) is 16.6. The molecule has 1 atom stereocenters. The summed E-state index contributed by atoms with van der Waals surface area (Å²) in [5, 5.41) is 3.09. The van der Waals surface area contributed by atoms with Crippen molar-refractivity contribution in [3.05, 3.63) is 84.7 Å². The highest BCUT2D eigenvalue weighted by atomic mass is 16.2. The monoisotopic (exact) mass is 451 g/mol. The van der Waals surface area contributed by atoms with Gasteiger partial charge in [-0.15, -0.1) is 0 Å². The average Bonchev–Trinajstić information content (AvgIpc) is 3.49. The number of nitrogens with zero attached hydrogens (tertiary/aromatic N) is 3. The Hall–Kier alpha value is -3.93. The summed E-state index contributed by atoms with van der Waals surface area (Å²) in [5.74, 6) is 0.754. The number of carbonyl (C=O) groups is 2. The van der Waals surface area contributed by atoms with Crippen LogP contribution in [0.2, 0.25) is 0 Å². The van der Waals surface area contributed by atoms with Crippen molar-refractivity contribution in [2.75, 3.05) is 11.9 Å². The number of fused-ring (bicyclic) bond motifs is 1. The smallest absolute Gasteiger partial charge is 0.247 e. The second-order valence-electron chi connectivity index (χ2n) is 8.72. The normalized spacial score (nSPS) is 15.6. The van der Waals surface area contributed by atoms with E-state index in [0.29, 0.717) is 25.8 Å². The van der Waals surface area contributed by atoms with Gasteiger partial charge in [0.05, 0.1) is 11.0 Å². The molecule has 1 aliphatic heterocycles. The van der Waals surface area contributed by atoms with Crippen LogP contribution in [0.25, 0.3) is 22.2 Å². The summed E-state index contributed by atoms with van der Waals surface area (Å²) in [5.41, 5.74) is 4.76. The molecule has 6 nitrogen and oxygen atoms in total. The van der Waals surface area contributed by atoms with Gasteiger partial charge in [-0.25, -0.2) is 4.98 Å². The van der Waals surface area contributed by atoms with Crippen molar-refractivity contribution in [2.45, 2.75) is 31.7 Å². The van der Waals surface area contributed by atoms with Gasteiger partial charge >= 0.3 is 0 Å². The van der Waals surface area contributed by atoms with E-state index in [1.807, 2.05) is 90.5 Å². The first kappa shape index (κ1) is 21.9. The third-order valence-electron chi connectivity index (χ3n) is 6.59. The standard InChI is InChI=1S/C28H28N4O2/c1-31-24-15-8-7-14-23(24)29-26(31)17-18-27(33)32-19-9-16-25(32)28(34)30-22-13-6-5-12-21(22)20-10-3-2-4-11-20/h2-8,10-15,25H,9,16-19H2,1H3,(H,30,34)/t25-/m0/s1/i1-1. The lowest BCUT2D eigenvalue weighted by atomic mass is 10.0. The average molecular weight is 452 g/mol. The zero-order valence-electron chi connectivity index (χ0n) is 19.3. The highest BCUT2D eigenvalue weighted by Crippen LogP contribution is 2.29. The maximum absolute atomic E-state index is 13.2. The molecule has 0 radical (unpaired) electrons. The fraction of sp³-hybridized carbons (Fsp3) is 0.250. The molecule has 2 heterocycles. The number of hydrogen-bond acceptors (Lipinski definition) is 3. The zero-order chi connectivity index (χ0) is 23.5. The number of rotatable bonds is 6. The van der Waals surface area contributed by atoms with Crippen LogP contribution in [0.15, 0.2) is 78.9 Å². The van der Waals surface area contributed by atoms with E-state index < -0.39 is 6.04 Å². The van der Waals surface area contributed by atoms with Crippen molar-refractivity contribution >= 4 is 28.5 Å². The molecule has 0 aliphatic carbocycles. The maximum Gasteiger partial charge on any atom is 0.247 e. The molecule has 0 unspecified atom stereocenters. The van der Waals surface area contributed by atoms with Crippen LogP contribution in [0.1, 0.15) is 25.1 Å². The van der Waals surface area contributed by atoms with Crippen LogP contribution in [0.3, 0.4) is 0 Å². The van der Waals surface area contributed by atoms with Gasteiger partial charge in [-0.05, 0) is 36.6 Å². The summed E-state index contributed by atoms with van der Waals surface area (Å²) < 4.78 is 2.04. The lowest BCUT2D eigenvalue weighted by Gasteiger charge is -2.24. The molecule has 1 N–H and O–H groups in total. The molecule has 172 valence electrons. The van der Waals surface area contributed by atoms with Gasteiger partial charge in [0.25, 0.3) is 0 Å². The van der Waals surface area contributed by atoms with Crippen LogP contribution < -0.4 is 5.32 Å². The summed E-state index contributed by atoms with van der Waals surface area (Å²) in [6.45, 7) is 0.611. The molecule has 5 rings (SSSR count). The Morgan fingerprint density at radius 1 is 0.971 bits per heavy atom. The number of benzene rings is 3. The molecule has 0 bridgehead atoms. The lowest BCUT2D eigenvalue weighted by Crippen LogP contribution is -2.43. The summed E-state index contributed by atoms with van der Waals surface area (Å²) >= 11 is 0. The van der Waals surface area contributed by atoms with Gasteiger partial charge in [0.1, 0.15) is 11.9 Å². The summed E-state index contributed by atoms with van der Waals surface area (Å²) in [7, 11) is 1.98. The van der Waals surface area contributed by atoms with E-state index in [-0.39, 0.29) is 11.8 Å². The van der Waals surface area contributed by atoms with Crippen LogP contribution >= 0.6 is 0 Å². The molecule has 1 aliphatic rings. The number of hydrogen-bond donors (Lipinski definition) is 1. The molecule has 1 aromatic heterocycles. The van der Waals surface area contributed by atoms with Crippen LogP contribution in [-0.2, 0) is 23.1 Å². The topological polar surface area (TPSA) is 67.2 Å². The molecule has 1 fully saturated rings. The molecule has 2 amide bonds. The molecular weight excluding hydrogens is 423 g/mol. The predicted octanol–water partition coefficient (Wildman–Crippen LogP) is 4.80. The fourth-order valence-electron chi connectivity index (χ4n) is 4.80. The van der Waals surface area contributed by atoms with E-state index in [9.17, 15) is 9.59 Å². The van der Waals surface area contributed by atoms with E-state index in [1.54, 1.807) is 4.90 Å². The van der Waals surface area contributed by atoms with E-state index in [4.69, 9.17) is 0 Å². The highest BCUT2D eigenvalue weighted by molar-refractivity contribution is 6.00. The summed E-state index contributed by atoms with van der Waals surface area (Å²) in [6, 6.07) is 25.3. The van der Waals surface area contributed by atoms with Gasteiger partial charge in [-0.2, -0.15) is 0 Å². The van der Waals surface area contributed by atoms with Crippen molar-refractivity contribution in [1.82, 2.24) is 14.5 Å². The van der Waals surface area contributed by atoms with Gasteiger partial charge in [0.15, 0.2) is 0 Å². The largest absolute Gasteiger partial charge is 0.331 e. The van der Waals surface area contributed by atoms with Gasteiger partial charge in [-0.1, -0.05) is 60.7 Å². The second-order valence-corrected chi connectivity index (χ2v) is 8.72. The van der Waals surface area contributed by atoms with Crippen LogP contribution in [-0.4, -0.2) is 38.9 Å². The molecule has 0 saturated carbocycles. The number of carbonyl (C=O) groups excluding carboxylic acids is 2. The Morgan fingerprint density at radius 2 is 1.71 bits per heavy atom. The third-order valence-corrected chi connectivity index (χ3v) is 6.59. The van der Waals surface area contributed by atoms with Crippen molar-refractivity contribution in [1.29, 1.82) is 0 Å². The van der Waals surface area contributed by atoms with Gasteiger partial charge < -0.3 is 14.8 Å². The quantitative estimate of drug-likeness (QED) is 0.458. The van der Waals surface area contributed by atoms with Crippen molar-refractivity contribution in [3.8, 4) is 11.1 Å². The maximum atomic E-state index is 13.2. The first-order valence-corrected chi connectivity index (χ1v) is 11.8. The number of aromatic nitrogens is 2. The number of imidazole rings is 1. The predicted molar refractivity (Wildman–Crippen MR) is 134 cm³/mol. The molecule has 6 heteroatoms. The second kappa shape index (κ2) is 9.51. The number of aryl methyl sites for hydroxylation is 2. The van der Waals surface area contributed by atoms with Gasteiger partial charge in [0, 0.05) is 37.7 Å². The number of nitrogens with one attached hydrogen (secondary N) is 1. The Morgan fingerprint density at radius 3 is 2.53 bits per heavy atom. The number of anilines is 1. The minimum atomic E-state index is -0.447. The first-order valence-electron chi connectivity index (χ1n) is 11.8. The Bertz CT molecular complexity index is 1330. The third kappa shape index (κ3) is 4.31. The zero-order valence-corrected chi connectivity index (χ0v) is 19.3. The Balaban J connectivity index is 1.27. The van der Waals surface area contributed by atoms with E-state index in [1.165, 1.54) is 0 Å². The van der Waals surface area contributed by atoms with Crippen molar-refractivity contribution in [2.24, 2.45) is 7.05 Å². The van der Waals surface area contributed by atoms with Crippen molar-refractivity contribution in [3.63, 3.8) is 0 Å². The van der Waals surface area contributed by atoms with Gasteiger partial charge in [-0.3, -0.25) is 9.59 Å². The van der Waals surface area contributed by atoms with E-state index >= 15 is 0 Å². The highest BCUT2D eigenvalue weighted by Gasteiger charge is 2.34. The number of likely N-dealkylation sites (tertiary alicyclic amines) is 1. The minimum absolute atomic E-state index is 0.000973. The van der Waals surface area contributed by atoms with Crippen LogP contribution in [0.5, 0.6) is 0 Å². The fourth-order valence-corrected chi connectivity index (χ4v) is 4.80. The number of amides is 2. The molecule has 3 aromatic carbocycles. The Labute approximate surface area is 199 Å². The lowest BCUT2D eigenvalue weighted by molar-refractivity contribution is -0.136.